The van der Waals surface area contributed by atoms with Crippen molar-refractivity contribution in [2.24, 2.45) is 0 Å². The first-order chi connectivity index (χ1) is 11.9. The van der Waals surface area contributed by atoms with E-state index in [1.165, 1.54) is 0 Å². The van der Waals surface area contributed by atoms with Gasteiger partial charge >= 0.3 is 0 Å². The Morgan fingerprint density at radius 1 is 1.04 bits per heavy atom. The summed E-state index contributed by atoms with van der Waals surface area (Å²) in [5.74, 6) is -0.142. The van der Waals surface area contributed by atoms with Crippen molar-refractivity contribution in [2.75, 3.05) is 18.0 Å². The van der Waals surface area contributed by atoms with E-state index in [9.17, 15) is 9.59 Å². The molecule has 0 bridgehead atoms. The fraction of sp³-hybridized carbons (Fsp3) is 0.333. The number of para-hydroxylation sites is 1. The lowest BCUT2D eigenvalue weighted by Gasteiger charge is -2.24. The number of benzene rings is 2. The van der Waals surface area contributed by atoms with E-state index in [2.05, 4.69) is 12.2 Å². The standard InChI is InChI=1S/C21H26N2O2/c1-5-18-8-6-7-9-20(18)23(17(4)24)13-12-22-21(25)19-11-10-15(2)16(3)14-19/h6-11,14H,5,12-13H2,1-4H3,(H,22,25). The molecule has 2 aromatic carbocycles. The van der Waals surface area contributed by atoms with Crippen LogP contribution in [0.3, 0.4) is 0 Å². The Balaban J connectivity index is 2.03. The first-order valence-electron chi connectivity index (χ1n) is 8.65. The molecule has 2 amide bonds. The topological polar surface area (TPSA) is 49.4 Å². The highest BCUT2D eigenvalue weighted by Crippen LogP contribution is 2.20. The highest BCUT2D eigenvalue weighted by Gasteiger charge is 2.15. The smallest absolute Gasteiger partial charge is 0.251 e. The van der Waals surface area contributed by atoms with Gasteiger partial charge in [0.05, 0.1) is 0 Å². The molecular weight excluding hydrogens is 312 g/mol. The first kappa shape index (κ1) is 18.7. The number of anilines is 1. The van der Waals surface area contributed by atoms with Crippen molar-refractivity contribution in [1.82, 2.24) is 5.32 Å². The monoisotopic (exact) mass is 338 g/mol. The van der Waals surface area contributed by atoms with Crippen LogP contribution in [0, 0.1) is 13.8 Å². The fourth-order valence-corrected chi connectivity index (χ4v) is 2.79. The number of carbonyl (C=O) groups is 2. The van der Waals surface area contributed by atoms with Gasteiger partial charge in [0, 0.05) is 31.3 Å². The van der Waals surface area contributed by atoms with Gasteiger partial charge < -0.3 is 10.2 Å². The molecule has 0 unspecified atom stereocenters. The molecule has 2 aromatic rings. The van der Waals surface area contributed by atoms with E-state index in [1.807, 2.05) is 56.3 Å². The lowest BCUT2D eigenvalue weighted by atomic mass is 10.1. The second-order valence-corrected chi connectivity index (χ2v) is 6.21. The SMILES string of the molecule is CCc1ccccc1N(CCNC(=O)c1ccc(C)c(C)c1)C(C)=O. The molecule has 0 radical (unpaired) electrons. The summed E-state index contributed by atoms with van der Waals surface area (Å²) in [4.78, 5) is 26.1. The maximum absolute atomic E-state index is 12.3. The summed E-state index contributed by atoms with van der Waals surface area (Å²) in [5, 5.41) is 2.91. The van der Waals surface area contributed by atoms with Crippen LogP contribution in [0.2, 0.25) is 0 Å². The highest BCUT2D eigenvalue weighted by atomic mass is 16.2. The molecule has 0 saturated heterocycles. The molecule has 0 aliphatic carbocycles. The Hall–Kier alpha value is -2.62. The third-order valence-electron chi connectivity index (χ3n) is 4.43. The van der Waals surface area contributed by atoms with Gasteiger partial charge in [-0.3, -0.25) is 9.59 Å². The molecule has 0 heterocycles. The van der Waals surface area contributed by atoms with E-state index in [0.29, 0.717) is 18.7 Å². The van der Waals surface area contributed by atoms with E-state index in [1.54, 1.807) is 11.8 Å². The zero-order valence-corrected chi connectivity index (χ0v) is 15.4. The molecule has 25 heavy (non-hydrogen) atoms. The number of hydrogen-bond donors (Lipinski definition) is 1. The van der Waals surface area contributed by atoms with Crippen LogP contribution >= 0.6 is 0 Å². The van der Waals surface area contributed by atoms with Crippen molar-refractivity contribution in [3.05, 3.63) is 64.7 Å². The fourth-order valence-electron chi connectivity index (χ4n) is 2.79. The number of rotatable bonds is 6. The minimum atomic E-state index is -0.115. The Morgan fingerprint density at radius 2 is 1.76 bits per heavy atom. The molecule has 0 fully saturated rings. The summed E-state index contributed by atoms with van der Waals surface area (Å²) in [5.41, 5.74) is 4.94. The third kappa shape index (κ3) is 4.69. The van der Waals surface area contributed by atoms with Gasteiger partial charge in [-0.05, 0) is 55.2 Å². The summed E-state index contributed by atoms with van der Waals surface area (Å²) in [7, 11) is 0. The number of carbonyl (C=O) groups excluding carboxylic acids is 2. The molecule has 4 nitrogen and oxygen atoms in total. The van der Waals surface area contributed by atoms with Crippen molar-refractivity contribution >= 4 is 17.5 Å². The lowest BCUT2D eigenvalue weighted by molar-refractivity contribution is -0.116. The van der Waals surface area contributed by atoms with Crippen LogP contribution in [0.5, 0.6) is 0 Å². The van der Waals surface area contributed by atoms with Crippen LogP contribution in [-0.2, 0) is 11.2 Å². The minimum Gasteiger partial charge on any atom is -0.350 e. The summed E-state index contributed by atoms with van der Waals surface area (Å²) in [6, 6.07) is 13.5. The second kappa shape index (κ2) is 8.47. The maximum Gasteiger partial charge on any atom is 0.251 e. The molecule has 2 rings (SSSR count). The second-order valence-electron chi connectivity index (χ2n) is 6.21. The van der Waals surface area contributed by atoms with Crippen LogP contribution in [0.25, 0.3) is 0 Å². The van der Waals surface area contributed by atoms with Crippen LogP contribution in [-0.4, -0.2) is 24.9 Å². The number of nitrogens with zero attached hydrogens (tertiary/aromatic N) is 1. The number of nitrogens with one attached hydrogen (secondary N) is 1. The predicted molar refractivity (Wildman–Crippen MR) is 102 cm³/mol. The van der Waals surface area contributed by atoms with E-state index < -0.39 is 0 Å². The Labute approximate surface area is 149 Å². The van der Waals surface area contributed by atoms with Gasteiger partial charge in [0.2, 0.25) is 5.91 Å². The maximum atomic E-state index is 12.3. The lowest BCUT2D eigenvalue weighted by Crippen LogP contribution is -2.38. The van der Waals surface area contributed by atoms with Crippen LogP contribution in [0.15, 0.2) is 42.5 Å². The van der Waals surface area contributed by atoms with Gasteiger partial charge in [-0.2, -0.15) is 0 Å². The Morgan fingerprint density at radius 3 is 2.40 bits per heavy atom. The number of aryl methyl sites for hydroxylation is 3. The molecule has 0 aliphatic heterocycles. The van der Waals surface area contributed by atoms with Crippen molar-refractivity contribution in [3.63, 3.8) is 0 Å². The molecule has 0 aromatic heterocycles. The van der Waals surface area contributed by atoms with E-state index in [0.717, 1.165) is 28.8 Å². The minimum absolute atomic E-state index is 0.0265. The highest BCUT2D eigenvalue weighted by molar-refractivity contribution is 5.95. The van der Waals surface area contributed by atoms with Gasteiger partial charge in [-0.1, -0.05) is 31.2 Å². The first-order valence-corrected chi connectivity index (χ1v) is 8.65. The largest absolute Gasteiger partial charge is 0.350 e. The summed E-state index contributed by atoms with van der Waals surface area (Å²) >= 11 is 0. The van der Waals surface area contributed by atoms with Crippen molar-refractivity contribution in [2.45, 2.75) is 34.1 Å². The van der Waals surface area contributed by atoms with Gasteiger partial charge in [0.1, 0.15) is 0 Å². The summed E-state index contributed by atoms with van der Waals surface area (Å²) in [6.45, 7) is 8.49. The quantitative estimate of drug-likeness (QED) is 0.874. The van der Waals surface area contributed by atoms with E-state index in [-0.39, 0.29) is 11.8 Å². The molecule has 1 N–H and O–H groups in total. The number of amides is 2. The molecule has 132 valence electrons. The third-order valence-corrected chi connectivity index (χ3v) is 4.43. The van der Waals surface area contributed by atoms with Crippen molar-refractivity contribution < 1.29 is 9.59 Å². The zero-order valence-electron chi connectivity index (χ0n) is 15.4. The Kier molecular flexibility index (Phi) is 6.34. The summed E-state index contributed by atoms with van der Waals surface area (Å²) < 4.78 is 0. The van der Waals surface area contributed by atoms with Crippen LogP contribution < -0.4 is 10.2 Å². The van der Waals surface area contributed by atoms with E-state index in [4.69, 9.17) is 0 Å². The van der Waals surface area contributed by atoms with Crippen LogP contribution in [0.4, 0.5) is 5.69 Å². The molecule has 4 heteroatoms. The van der Waals surface area contributed by atoms with Gasteiger partial charge in [0.15, 0.2) is 0 Å². The molecule has 0 atom stereocenters. The normalized spacial score (nSPS) is 10.4. The van der Waals surface area contributed by atoms with Gasteiger partial charge in [-0.25, -0.2) is 0 Å². The molecule has 0 aliphatic rings. The molecule has 0 spiro atoms. The Bertz CT molecular complexity index is 768. The van der Waals surface area contributed by atoms with Crippen molar-refractivity contribution in [1.29, 1.82) is 0 Å². The average molecular weight is 338 g/mol. The van der Waals surface area contributed by atoms with E-state index >= 15 is 0 Å². The molecular formula is C21H26N2O2. The van der Waals surface area contributed by atoms with Gasteiger partial charge in [-0.15, -0.1) is 0 Å². The predicted octanol–water partition coefficient (Wildman–Crippen LogP) is 3.65. The number of hydrogen-bond acceptors (Lipinski definition) is 2. The molecule has 0 saturated carbocycles. The zero-order chi connectivity index (χ0) is 18.4. The average Bonchev–Trinajstić information content (AvgIpc) is 2.60. The van der Waals surface area contributed by atoms with Gasteiger partial charge in [0.25, 0.3) is 5.91 Å². The summed E-state index contributed by atoms with van der Waals surface area (Å²) in [6.07, 6.45) is 0.856. The van der Waals surface area contributed by atoms with Crippen molar-refractivity contribution in [3.8, 4) is 0 Å². The van der Waals surface area contributed by atoms with Crippen LogP contribution in [0.1, 0.15) is 40.9 Å².